The molecule has 0 spiro atoms. The topological polar surface area (TPSA) is 100 Å². The lowest BCUT2D eigenvalue weighted by molar-refractivity contribution is 0.300. The van der Waals surface area contributed by atoms with E-state index >= 15 is 0 Å². The van der Waals surface area contributed by atoms with Gasteiger partial charge < -0.3 is 21.5 Å². The highest BCUT2D eigenvalue weighted by Crippen LogP contribution is 2.38. The summed E-state index contributed by atoms with van der Waals surface area (Å²) in [6.45, 7) is 4.93. The van der Waals surface area contributed by atoms with Crippen LogP contribution >= 0.6 is 23.2 Å². The first-order valence-electron chi connectivity index (χ1n) is 12.8. The van der Waals surface area contributed by atoms with Gasteiger partial charge in [-0.2, -0.15) is 10.8 Å². The first-order valence-corrected chi connectivity index (χ1v) is 13.5. The molecule has 0 fully saturated rings. The molecule has 0 radical (unpaired) electrons. The molecular weight excluding hydrogens is 550 g/mol. The Kier molecular flexibility index (Phi) is 7.09. The molecule has 40 heavy (non-hydrogen) atoms. The summed E-state index contributed by atoms with van der Waals surface area (Å²) in [6.07, 6.45) is 3.35. The van der Waals surface area contributed by atoms with Gasteiger partial charge in [0, 0.05) is 42.2 Å². The monoisotopic (exact) mass is 574 g/mol. The summed E-state index contributed by atoms with van der Waals surface area (Å²) in [6, 6.07) is 16.4. The molecule has 1 aromatic heterocycles. The lowest BCUT2D eigenvalue weighted by Gasteiger charge is -2.24. The molecule has 3 aromatic carbocycles. The molecular formula is C29H25Cl2FN8. The summed E-state index contributed by atoms with van der Waals surface area (Å²) < 4.78 is 13.8. The van der Waals surface area contributed by atoms with Gasteiger partial charge in [0.05, 0.1) is 38.6 Å². The van der Waals surface area contributed by atoms with Crippen LogP contribution in [0.2, 0.25) is 10.0 Å². The van der Waals surface area contributed by atoms with E-state index in [-0.39, 0.29) is 11.1 Å². The predicted molar refractivity (Wildman–Crippen MR) is 156 cm³/mol. The lowest BCUT2D eigenvalue weighted by atomic mass is 9.95. The van der Waals surface area contributed by atoms with Crippen molar-refractivity contribution >= 4 is 51.2 Å². The maximum Gasteiger partial charge on any atom is 0.141 e. The van der Waals surface area contributed by atoms with Gasteiger partial charge >= 0.3 is 0 Å². The summed E-state index contributed by atoms with van der Waals surface area (Å²) in [4.78, 5) is 6.85. The number of fused-ring (bicyclic) bond motifs is 2. The van der Waals surface area contributed by atoms with Crippen LogP contribution in [0.3, 0.4) is 0 Å². The highest BCUT2D eigenvalue weighted by atomic mass is 35.5. The van der Waals surface area contributed by atoms with Crippen molar-refractivity contribution in [2.75, 3.05) is 17.2 Å². The fourth-order valence-corrected chi connectivity index (χ4v) is 5.64. The summed E-state index contributed by atoms with van der Waals surface area (Å²) >= 11 is 12.8. The van der Waals surface area contributed by atoms with Crippen molar-refractivity contribution in [1.29, 1.82) is 5.26 Å². The van der Waals surface area contributed by atoms with Crippen molar-refractivity contribution in [2.45, 2.75) is 26.1 Å². The first-order chi connectivity index (χ1) is 19.4. The van der Waals surface area contributed by atoms with Gasteiger partial charge in [0.2, 0.25) is 0 Å². The zero-order valence-electron chi connectivity index (χ0n) is 21.4. The Labute approximate surface area is 240 Å². The van der Waals surface area contributed by atoms with Crippen molar-refractivity contribution in [3.63, 3.8) is 0 Å². The maximum atomic E-state index is 13.8. The van der Waals surface area contributed by atoms with Crippen LogP contribution in [-0.4, -0.2) is 16.4 Å². The number of nitrogens with one attached hydrogen (secondary N) is 5. The normalized spacial score (nSPS) is 15.1. The Balaban J connectivity index is 1.44. The number of pyridine rings is 1. The molecule has 11 heteroatoms. The smallest absolute Gasteiger partial charge is 0.141 e. The Hall–Kier alpha value is -4.07. The average Bonchev–Trinajstić information content (AvgIpc) is 3.64. The molecule has 0 bridgehead atoms. The van der Waals surface area contributed by atoms with E-state index in [0.717, 1.165) is 36.6 Å². The van der Waals surface area contributed by atoms with Crippen molar-refractivity contribution in [2.24, 2.45) is 0 Å². The Morgan fingerprint density at radius 3 is 2.73 bits per heavy atom. The number of rotatable bonds is 7. The van der Waals surface area contributed by atoms with Gasteiger partial charge in [0.1, 0.15) is 11.9 Å². The number of hydrogen-bond donors (Lipinski definition) is 5. The molecule has 0 unspecified atom stereocenters. The van der Waals surface area contributed by atoms with E-state index in [4.69, 9.17) is 23.2 Å². The average molecular weight is 575 g/mol. The third-order valence-corrected chi connectivity index (χ3v) is 7.78. The second kappa shape index (κ2) is 10.8. The van der Waals surface area contributed by atoms with Crippen LogP contribution in [0, 0.1) is 17.1 Å². The summed E-state index contributed by atoms with van der Waals surface area (Å²) in [7, 11) is 0. The van der Waals surface area contributed by atoms with Crippen LogP contribution in [0.15, 0.2) is 66.6 Å². The molecule has 0 saturated carbocycles. The first kappa shape index (κ1) is 26.2. The number of hydrazine groups is 2. The van der Waals surface area contributed by atoms with E-state index in [1.54, 1.807) is 6.07 Å². The summed E-state index contributed by atoms with van der Waals surface area (Å²) in [5.41, 5.74) is 16.4. The van der Waals surface area contributed by atoms with Crippen LogP contribution in [0.4, 0.5) is 21.5 Å². The second-order valence-electron chi connectivity index (χ2n) is 9.63. The molecule has 3 heterocycles. The number of anilines is 3. The van der Waals surface area contributed by atoms with E-state index in [1.807, 2.05) is 18.3 Å². The van der Waals surface area contributed by atoms with Gasteiger partial charge in [0.15, 0.2) is 0 Å². The SMILES string of the molecule is CCN1Cc2cccc([C@H](Nc3cc(Cl)c4ncc(C#N)c(Nc5ccc(F)c(Cl)c5)c4c3)C3=CNNN3)c2C1. The van der Waals surface area contributed by atoms with Crippen molar-refractivity contribution in [3.8, 4) is 6.07 Å². The number of benzene rings is 3. The van der Waals surface area contributed by atoms with Crippen LogP contribution < -0.4 is 27.0 Å². The maximum absolute atomic E-state index is 13.8. The van der Waals surface area contributed by atoms with Gasteiger partial charge in [-0.25, -0.2) is 4.39 Å². The molecule has 2 aliphatic rings. The number of aromatic nitrogens is 1. The van der Waals surface area contributed by atoms with Gasteiger partial charge in [-0.15, -0.1) is 0 Å². The Morgan fingerprint density at radius 1 is 1.12 bits per heavy atom. The van der Waals surface area contributed by atoms with Crippen LogP contribution in [0.5, 0.6) is 0 Å². The zero-order chi connectivity index (χ0) is 27.8. The van der Waals surface area contributed by atoms with Gasteiger partial charge in [0.25, 0.3) is 0 Å². The third kappa shape index (κ3) is 4.87. The molecule has 2 aliphatic heterocycles. The molecule has 0 amide bonds. The second-order valence-corrected chi connectivity index (χ2v) is 10.4. The fraction of sp³-hybridized carbons (Fsp3) is 0.172. The summed E-state index contributed by atoms with van der Waals surface area (Å²) in [5.74, 6) is -0.527. The molecule has 0 aliphatic carbocycles. The fourth-order valence-electron chi connectivity index (χ4n) is 5.19. The molecule has 5 N–H and O–H groups in total. The van der Waals surface area contributed by atoms with Gasteiger partial charge in [-0.1, -0.05) is 48.3 Å². The molecule has 8 nitrogen and oxygen atoms in total. The lowest BCUT2D eigenvalue weighted by Crippen LogP contribution is -2.34. The van der Waals surface area contributed by atoms with E-state index in [2.05, 4.69) is 68.1 Å². The number of hydrogen-bond acceptors (Lipinski definition) is 8. The highest BCUT2D eigenvalue weighted by Gasteiger charge is 2.28. The number of nitriles is 1. The quantitative estimate of drug-likeness (QED) is 0.177. The van der Waals surface area contributed by atoms with Crippen LogP contribution in [0.1, 0.15) is 35.2 Å². The molecule has 202 valence electrons. The van der Waals surface area contributed by atoms with Crippen molar-refractivity contribution in [3.05, 3.63) is 105 Å². The van der Waals surface area contributed by atoms with Crippen LogP contribution in [-0.2, 0) is 13.1 Å². The molecule has 1 atom stereocenters. The van der Waals surface area contributed by atoms with Gasteiger partial charge in [-0.05, 0) is 53.6 Å². The predicted octanol–water partition coefficient (Wildman–Crippen LogP) is 6.24. The molecule has 0 saturated heterocycles. The molecule has 6 rings (SSSR count). The minimum absolute atomic E-state index is 0.0262. The standard InChI is InChI=1S/C29H25Cl2FN8/c1-2-40-14-16-4-3-5-20(22(16)15-40)29(26-13-35-39-38-26)37-19-8-21-27(36-18-6-7-25(32)23(30)9-18)17(11-33)12-34-28(21)24(31)10-19/h3-10,12-13,29,35,37-39H,2,14-15H2,1H3,(H,34,36)/t29-/m0/s1. The zero-order valence-corrected chi connectivity index (χ0v) is 23.0. The van der Waals surface area contributed by atoms with E-state index in [0.29, 0.717) is 32.9 Å². The van der Waals surface area contributed by atoms with Crippen molar-refractivity contribution in [1.82, 2.24) is 26.3 Å². The third-order valence-electron chi connectivity index (χ3n) is 7.21. The van der Waals surface area contributed by atoms with Crippen molar-refractivity contribution < 1.29 is 4.39 Å². The van der Waals surface area contributed by atoms with Gasteiger partial charge in [-0.3, -0.25) is 9.88 Å². The minimum Gasteiger partial charge on any atom is -0.373 e. The summed E-state index contributed by atoms with van der Waals surface area (Å²) in [5, 5.41) is 17.8. The highest BCUT2D eigenvalue weighted by molar-refractivity contribution is 6.36. The van der Waals surface area contributed by atoms with E-state index in [9.17, 15) is 9.65 Å². The number of nitrogens with zero attached hydrogens (tertiary/aromatic N) is 3. The Bertz CT molecular complexity index is 1700. The van der Waals surface area contributed by atoms with E-state index < -0.39 is 5.82 Å². The van der Waals surface area contributed by atoms with E-state index in [1.165, 1.54) is 29.5 Å². The Morgan fingerprint density at radius 2 is 1.98 bits per heavy atom. The van der Waals surface area contributed by atoms with Crippen LogP contribution in [0.25, 0.3) is 10.9 Å². The molecule has 4 aromatic rings. The number of halogens is 3. The minimum atomic E-state index is -0.527. The largest absolute Gasteiger partial charge is 0.373 e.